The molecule has 0 saturated carbocycles. The summed E-state index contributed by atoms with van der Waals surface area (Å²) >= 11 is 6.26. The van der Waals surface area contributed by atoms with Gasteiger partial charge in [0.2, 0.25) is 0 Å². The summed E-state index contributed by atoms with van der Waals surface area (Å²) in [6, 6.07) is 7.70. The molecule has 29 heavy (non-hydrogen) atoms. The summed E-state index contributed by atoms with van der Waals surface area (Å²) in [7, 11) is -4.02. The number of allylic oxidation sites excluding steroid dienone is 4. The lowest BCUT2D eigenvalue weighted by Crippen LogP contribution is -2.51. The van der Waals surface area contributed by atoms with Crippen LogP contribution < -0.4 is 15.5 Å². The molecule has 0 atom stereocenters. The predicted octanol–water partition coefficient (Wildman–Crippen LogP) is 1.73. The van der Waals surface area contributed by atoms with Crippen molar-refractivity contribution in [1.82, 2.24) is 10.6 Å². The molecule has 0 radical (unpaired) electrons. The summed E-state index contributed by atoms with van der Waals surface area (Å²) in [6.07, 6.45) is 6.71. The van der Waals surface area contributed by atoms with E-state index >= 15 is 0 Å². The van der Waals surface area contributed by atoms with Gasteiger partial charge >= 0.3 is 0 Å². The fraction of sp³-hybridized carbons (Fsp3) is 0.167. The molecule has 2 amide bonds. The van der Waals surface area contributed by atoms with Crippen LogP contribution in [0.2, 0.25) is 0 Å². The van der Waals surface area contributed by atoms with Gasteiger partial charge in [-0.05, 0) is 42.9 Å². The van der Waals surface area contributed by atoms with E-state index in [-0.39, 0.29) is 22.9 Å². The van der Waals surface area contributed by atoms with Crippen LogP contribution in [-0.4, -0.2) is 42.2 Å². The molecule has 2 aliphatic heterocycles. The molecule has 3 N–H and O–H groups in total. The summed E-state index contributed by atoms with van der Waals surface area (Å²) in [5.74, 6) is -1.45. The highest BCUT2D eigenvalue weighted by molar-refractivity contribution is 8.03. The number of carbonyl (C=O) groups excluding carboxylic acids is 2. The van der Waals surface area contributed by atoms with Crippen LogP contribution >= 0.6 is 24.0 Å². The topological polar surface area (TPSA) is 116 Å². The molecule has 0 aromatic heterocycles. The van der Waals surface area contributed by atoms with Crippen LogP contribution in [0.3, 0.4) is 0 Å². The molecule has 1 aromatic carbocycles. The van der Waals surface area contributed by atoms with Gasteiger partial charge in [-0.15, -0.1) is 0 Å². The molecule has 0 bridgehead atoms. The molecular weight excluding hydrogens is 434 g/mol. The second-order valence-electron chi connectivity index (χ2n) is 6.07. The molecule has 0 unspecified atom stereocenters. The molecule has 2 aliphatic rings. The van der Waals surface area contributed by atoms with E-state index in [1.165, 1.54) is 17.8 Å². The van der Waals surface area contributed by atoms with Gasteiger partial charge in [0.15, 0.2) is 5.11 Å². The van der Waals surface area contributed by atoms with Crippen molar-refractivity contribution >= 4 is 56.7 Å². The number of thioether (sulfide) groups is 1. The zero-order chi connectivity index (χ0) is 21.0. The first-order chi connectivity index (χ1) is 13.7. The van der Waals surface area contributed by atoms with Gasteiger partial charge in [0.25, 0.3) is 21.9 Å². The van der Waals surface area contributed by atoms with Crippen molar-refractivity contribution in [2.45, 2.75) is 11.3 Å². The van der Waals surface area contributed by atoms with Crippen molar-refractivity contribution in [2.75, 3.05) is 17.2 Å². The predicted molar refractivity (Wildman–Crippen MR) is 115 cm³/mol. The van der Waals surface area contributed by atoms with Crippen molar-refractivity contribution in [2.24, 2.45) is 0 Å². The molecular formula is C18H17N3O5S3. The minimum atomic E-state index is -4.02. The van der Waals surface area contributed by atoms with Crippen LogP contribution in [0.4, 0.5) is 5.69 Å². The fourth-order valence-corrected chi connectivity index (χ4v) is 4.51. The molecule has 1 fully saturated rings. The van der Waals surface area contributed by atoms with Crippen LogP contribution in [0.25, 0.3) is 0 Å². The summed E-state index contributed by atoms with van der Waals surface area (Å²) in [4.78, 5) is 26.6. The summed E-state index contributed by atoms with van der Waals surface area (Å²) < 4.78 is 30.9. The standard InChI is InChI=1S/C18H17N3O5S3/c22-16-12(17(23)20-18(27)19-16)6-1-4-9-15-21(10-5-11-29(24,25)26)13-7-2-3-8-14(13)28-15/h1-4,6-9H,5,10-11H2,(H,24,25,26)(H2,19,20,22,23,27)/b4-1+,15-9+. The van der Waals surface area contributed by atoms with Crippen LogP contribution in [0.5, 0.6) is 0 Å². The van der Waals surface area contributed by atoms with Gasteiger partial charge in [0.05, 0.1) is 16.5 Å². The Hall–Kier alpha value is -2.47. The molecule has 8 nitrogen and oxygen atoms in total. The minimum Gasteiger partial charge on any atom is -0.335 e. The zero-order valence-electron chi connectivity index (χ0n) is 15.0. The largest absolute Gasteiger partial charge is 0.335 e. The van der Waals surface area contributed by atoms with E-state index in [0.717, 1.165) is 15.6 Å². The maximum absolute atomic E-state index is 11.8. The monoisotopic (exact) mass is 451 g/mol. The van der Waals surface area contributed by atoms with Gasteiger partial charge in [-0.3, -0.25) is 24.8 Å². The number of amides is 2. The maximum atomic E-state index is 11.8. The van der Waals surface area contributed by atoms with E-state index in [1.54, 1.807) is 18.2 Å². The fourth-order valence-electron chi connectivity index (χ4n) is 2.73. The smallest absolute Gasteiger partial charge is 0.264 e. The van der Waals surface area contributed by atoms with Crippen LogP contribution in [-0.2, 0) is 19.7 Å². The molecule has 152 valence electrons. The number of rotatable bonds is 6. The number of fused-ring (bicyclic) bond motifs is 1. The summed E-state index contributed by atoms with van der Waals surface area (Å²) in [5.41, 5.74) is 0.894. The van der Waals surface area contributed by atoms with Gasteiger partial charge in [-0.1, -0.05) is 36.0 Å². The lowest BCUT2D eigenvalue weighted by molar-refractivity contribution is -0.123. The number of carbonyl (C=O) groups is 2. The lowest BCUT2D eigenvalue weighted by Gasteiger charge is -2.19. The van der Waals surface area contributed by atoms with E-state index in [4.69, 9.17) is 16.8 Å². The second kappa shape index (κ2) is 8.91. The van der Waals surface area contributed by atoms with Gasteiger partial charge in [-0.2, -0.15) is 8.42 Å². The van der Waals surface area contributed by atoms with E-state index in [2.05, 4.69) is 10.6 Å². The number of nitrogens with one attached hydrogen (secondary N) is 2. The van der Waals surface area contributed by atoms with E-state index < -0.39 is 21.9 Å². The minimum absolute atomic E-state index is 0.0242. The second-order valence-corrected chi connectivity index (χ2v) is 9.11. The average molecular weight is 452 g/mol. The lowest BCUT2D eigenvalue weighted by atomic mass is 10.2. The molecule has 1 aromatic rings. The molecule has 0 spiro atoms. The van der Waals surface area contributed by atoms with Crippen molar-refractivity contribution in [3.8, 4) is 0 Å². The molecule has 11 heteroatoms. The SMILES string of the molecule is O=C1NC(=S)NC(=O)C1=C/C=C/C=C1/Sc2ccccc2N1CCCS(=O)(=O)O. The average Bonchev–Trinajstić information content (AvgIpc) is 2.97. The summed E-state index contributed by atoms with van der Waals surface area (Å²) in [5, 5.41) is 5.55. The Morgan fingerprint density at radius 1 is 1.10 bits per heavy atom. The highest BCUT2D eigenvalue weighted by Crippen LogP contribution is 2.45. The third kappa shape index (κ3) is 5.54. The third-order valence-electron chi connectivity index (χ3n) is 3.98. The first-order valence-electron chi connectivity index (χ1n) is 8.49. The Morgan fingerprint density at radius 2 is 1.76 bits per heavy atom. The Balaban J connectivity index is 1.75. The molecule has 2 heterocycles. The maximum Gasteiger partial charge on any atom is 0.264 e. The van der Waals surface area contributed by atoms with E-state index in [0.29, 0.717) is 6.54 Å². The zero-order valence-corrected chi connectivity index (χ0v) is 17.4. The normalized spacial score (nSPS) is 18.2. The Morgan fingerprint density at radius 3 is 2.45 bits per heavy atom. The number of anilines is 1. The van der Waals surface area contributed by atoms with Gasteiger partial charge in [0, 0.05) is 11.4 Å². The van der Waals surface area contributed by atoms with Crippen molar-refractivity contribution in [1.29, 1.82) is 0 Å². The van der Waals surface area contributed by atoms with Gasteiger partial charge in [-0.25, -0.2) is 0 Å². The first kappa shape index (κ1) is 21.2. The number of para-hydroxylation sites is 1. The molecule has 1 saturated heterocycles. The Labute approximate surface area is 177 Å². The number of thiocarbonyl (C=S) groups is 1. The summed E-state index contributed by atoms with van der Waals surface area (Å²) in [6.45, 7) is 0.410. The Kier molecular flexibility index (Phi) is 6.52. The van der Waals surface area contributed by atoms with Crippen LogP contribution in [0, 0.1) is 0 Å². The van der Waals surface area contributed by atoms with Crippen LogP contribution in [0.15, 0.2) is 64.1 Å². The van der Waals surface area contributed by atoms with Crippen molar-refractivity contribution in [3.63, 3.8) is 0 Å². The number of benzene rings is 1. The highest BCUT2D eigenvalue weighted by atomic mass is 32.2. The molecule has 3 rings (SSSR count). The van der Waals surface area contributed by atoms with E-state index in [9.17, 15) is 18.0 Å². The van der Waals surface area contributed by atoms with Crippen LogP contribution in [0.1, 0.15) is 6.42 Å². The quantitative estimate of drug-likeness (QED) is 0.259. The number of hydrogen-bond donors (Lipinski definition) is 3. The Bertz CT molecular complexity index is 1040. The van der Waals surface area contributed by atoms with Gasteiger partial charge < -0.3 is 4.90 Å². The van der Waals surface area contributed by atoms with E-state index in [1.807, 2.05) is 29.2 Å². The third-order valence-corrected chi connectivity index (χ3v) is 6.12. The first-order valence-corrected chi connectivity index (χ1v) is 11.3. The highest BCUT2D eigenvalue weighted by Gasteiger charge is 2.25. The number of nitrogens with zero attached hydrogens (tertiary/aromatic N) is 1. The van der Waals surface area contributed by atoms with Crippen molar-refractivity contribution in [3.05, 3.63) is 59.2 Å². The number of hydrogen-bond acceptors (Lipinski definition) is 7. The van der Waals surface area contributed by atoms with Gasteiger partial charge in [0.1, 0.15) is 5.57 Å². The molecule has 0 aliphatic carbocycles. The van der Waals surface area contributed by atoms with Crippen molar-refractivity contribution < 1.29 is 22.6 Å².